The first-order valence-corrected chi connectivity index (χ1v) is 6.84. The highest BCUT2D eigenvalue weighted by molar-refractivity contribution is 7.36. The summed E-state index contributed by atoms with van der Waals surface area (Å²) in [5, 5.41) is 2.81. The maximum absolute atomic E-state index is 11.2. The van der Waals surface area contributed by atoms with Crippen LogP contribution in [0.3, 0.4) is 0 Å². The van der Waals surface area contributed by atoms with Gasteiger partial charge in [0.2, 0.25) is 5.91 Å². The molecule has 0 fully saturated rings. The molecule has 1 amide bonds. The maximum Gasteiger partial charge on any atom is 0.220 e. The number of hydrogen-bond acceptors (Lipinski definition) is 2. The van der Waals surface area contributed by atoms with Crippen LogP contribution in [-0.4, -0.2) is 31.1 Å². The summed E-state index contributed by atoms with van der Waals surface area (Å²) < 4.78 is 0. The Labute approximate surface area is 87.8 Å². The van der Waals surface area contributed by atoms with Crippen molar-refractivity contribution in [3.63, 3.8) is 0 Å². The third-order valence-corrected chi connectivity index (χ3v) is 2.80. The van der Waals surface area contributed by atoms with Crippen LogP contribution in [0, 0.1) is 0 Å². The molecule has 1 unspecified atom stereocenters. The zero-order valence-corrected chi connectivity index (χ0v) is 10.1. The minimum atomic E-state index is 0.00577. The van der Waals surface area contributed by atoms with E-state index in [-0.39, 0.29) is 11.7 Å². The van der Waals surface area contributed by atoms with Crippen molar-refractivity contribution < 1.29 is 9.59 Å². The van der Waals surface area contributed by atoms with E-state index in [1.165, 1.54) is 6.16 Å². The van der Waals surface area contributed by atoms with Crippen molar-refractivity contribution in [1.82, 2.24) is 5.32 Å². The van der Waals surface area contributed by atoms with E-state index < -0.39 is 0 Å². The van der Waals surface area contributed by atoms with Crippen molar-refractivity contribution in [3.8, 4) is 0 Å². The Morgan fingerprint density at radius 3 is 2.57 bits per heavy atom. The highest BCUT2D eigenvalue weighted by Crippen LogP contribution is 2.02. The minimum Gasteiger partial charge on any atom is -0.356 e. The maximum atomic E-state index is 11.2. The second-order valence-electron chi connectivity index (χ2n) is 3.20. The Morgan fingerprint density at radius 2 is 2.00 bits per heavy atom. The molecule has 0 aliphatic heterocycles. The fraction of sp³-hybridized carbons (Fsp3) is 0.800. The molecule has 0 saturated heterocycles. The Hall–Kier alpha value is -0.430. The average molecular weight is 217 g/mol. The summed E-state index contributed by atoms with van der Waals surface area (Å²) in [5.41, 5.74) is 0. The number of amides is 1. The molecular formula is C10H20NO2P. The van der Waals surface area contributed by atoms with Crippen molar-refractivity contribution >= 4 is 20.3 Å². The number of ketones is 1. The highest BCUT2D eigenvalue weighted by atomic mass is 31.1. The zero-order valence-electron chi connectivity index (χ0n) is 9.06. The van der Waals surface area contributed by atoms with E-state index in [0.29, 0.717) is 19.3 Å². The predicted molar refractivity (Wildman–Crippen MR) is 61.3 cm³/mol. The quantitative estimate of drug-likeness (QED) is 0.495. The molecule has 4 heteroatoms. The van der Waals surface area contributed by atoms with Gasteiger partial charge in [-0.05, 0) is 19.2 Å². The molecule has 0 radical (unpaired) electrons. The van der Waals surface area contributed by atoms with Crippen LogP contribution >= 0.6 is 8.58 Å². The van der Waals surface area contributed by atoms with E-state index in [2.05, 4.69) is 12.0 Å². The summed E-state index contributed by atoms with van der Waals surface area (Å²) in [5.74, 6) is 0.168. The van der Waals surface area contributed by atoms with Gasteiger partial charge in [0.05, 0.1) is 0 Å². The summed E-state index contributed by atoms with van der Waals surface area (Å²) in [7, 11) is 0.953. The summed E-state index contributed by atoms with van der Waals surface area (Å²) in [6.07, 6.45) is 3.49. The second-order valence-corrected chi connectivity index (χ2v) is 4.41. The molecule has 3 nitrogen and oxygen atoms in total. The lowest BCUT2D eigenvalue weighted by molar-refractivity contribution is -0.125. The lowest BCUT2D eigenvalue weighted by atomic mass is 10.2. The van der Waals surface area contributed by atoms with Crippen LogP contribution in [0.5, 0.6) is 0 Å². The molecule has 0 spiro atoms. The smallest absolute Gasteiger partial charge is 0.220 e. The molecule has 1 N–H and O–H groups in total. The van der Waals surface area contributed by atoms with Crippen LogP contribution in [0.1, 0.15) is 32.6 Å². The summed E-state index contributed by atoms with van der Waals surface area (Å²) in [4.78, 5) is 22.1. The van der Waals surface area contributed by atoms with Crippen LogP contribution in [0.4, 0.5) is 0 Å². The van der Waals surface area contributed by atoms with E-state index in [9.17, 15) is 9.59 Å². The van der Waals surface area contributed by atoms with Gasteiger partial charge in [-0.1, -0.05) is 6.92 Å². The molecule has 0 aromatic heterocycles. The van der Waals surface area contributed by atoms with Crippen LogP contribution in [0.15, 0.2) is 0 Å². The van der Waals surface area contributed by atoms with E-state index in [4.69, 9.17) is 0 Å². The minimum absolute atomic E-state index is 0.00577. The van der Waals surface area contributed by atoms with Gasteiger partial charge >= 0.3 is 0 Å². The van der Waals surface area contributed by atoms with Crippen molar-refractivity contribution in [3.05, 3.63) is 0 Å². The number of hydrogen-bond donors (Lipinski definition) is 1. The third kappa shape index (κ3) is 8.18. The molecule has 1 atom stereocenters. The Bertz CT molecular complexity index is 183. The van der Waals surface area contributed by atoms with Gasteiger partial charge in [0.15, 0.2) is 0 Å². The van der Waals surface area contributed by atoms with Gasteiger partial charge < -0.3 is 5.32 Å². The first kappa shape index (κ1) is 13.6. The Balaban J connectivity index is 3.32. The zero-order chi connectivity index (χ0) is 10.8. The molecule has 82 valence electrons. The normalized spacial score (nSPS) is 10.7. The van der Waals surface area contributed by atoms with Gasteiger partial charge in [0, 0.05) is 25.8 Å². The first-order valence-electron chi connectivity index (χ1n) is 5.13. The summed E-state index contributed by atoms with van der Waals surface area (Å²) >= 11 is 0. The molecule has 0 aromatic rings. The molecule has 14 heavy (non-hydrogen) atoms. The lowest BCUT2D eigenvalue weighted by Gasteiger charge is -2.03. The van der Waals surface area contributed by atoms with Gasteiger partial charge in [-0.25, -0.2) is 0 Å². The third-order valence-electron chi connectivity index (χ3n) is 1.95. The van der Waals surface area contributed by atoms with Crippen molar-refractivity contribution in [2.24, 2.45) is 0 Å². The van der Waals surface area contributed by atoms with Crippen LogP contribution in [0.25, 0.3) is 0 Å². The molecule has 0 heterocycles. The fourth-order valence-electron chi connectivity index (χ4n) is 1.01. The van der Waals surface area contributed by atoms with Crippen LogP contribution in [0.2, 0.25) is 0 Å². The first-order chi connectivity index (χ1) is 6.70. The summed E-state index contributed by atoms with van der Waals surface area (Å²) in [6, 6.07) is 0. The predicted octanol–water partition coefficient (Wildman–Crippen LogP) is 1.56. The van der Waals surface area contributed by atoms with Gasteiger partial charge in [-0.15, -0.1) is 8.58 Å². The van der Waals surface area contributed by atoms with E-state index in [1.54, 1.807) is 0 Å². The molecule has 0 saturated carbocycles. The number of nitrogens with one attached hydrogen (secondary N) is 1. The van der Waals surface area contributed by atoms with Gasteiger partial charge in [0.25, 0.3) is 0 Å². The van der Waals surface area contributed by atoms with Gasteiger partial charge in [-0.2, -0.15) is 0 Å². The van der Waals surface area contributed by atoms with E-state index in [0.717, 1.165) is 21.5 Å². The molecular weight excluding hydrogens is 197 g/mol. The SMILES string of the molecule is CCC(=O)CCC(=O)NCCCPC. The number of Topliss-reactive ketones (excluding diaryl/α,β-unsaturated/α-hetero) is 1. The van der Waals surface area contributed by atoms with Gasteiger partial charge in [-0.3, -0.25) is 9.59 Å². The van der Waals surface area contributed by atoms with Crippen LogP contribution in [-0.2, 0) is 9.59 Å². The molecule has 0 aromatic carbocycles. The van der Waals surface area contributed by atoms with Crippen LogP contribution < -0.4 is 5.32 Å². The lowest BCUT2D eigenvalue weighted by Crippen LogP contribution is -2.25. The topological polar surface area (TPSA) is 46.2 Å². The number of carbonyl (C=O) groups is 2. The van der Waals surface area contributed by atoms with Crippen molar-refractivity contribution in [2.45, 2.75) is 32.6 Å². The van der Waals surface area contributed by atoms with E-state index in [1.807, 2.05) is 6.92 Å². The number of rotatable bonds is 8. The largest absolute Gasteiger partial charge is 0.356 e. The molecule has 0 aliphatic carbocycles. The second kappa shape index (κ2) is 9.14. The molecule has 0 bridgehead atoms. The Morgan fingerprint density at radius 1 is 1.29 bits per heavy atom. The highest BCUT2D eigenvalue weighted by Gasteiger charge is 2.03. The fourth-order valence-corrected chi connectivity index (χ4v) is 1.54. The Kier molecular flexibility index (Phi) is 8.86. The van der Waals surface area contributed by atoms with Crippen molar-refractivity contribution in [1.29, 1.82) is 0 Å². The summed E-state index contributed by atoms with van der Waals surface area (Å²) in [6.45, 7) is 4.73. The van der Waals surface area contributed by atoms with Crippen molar-refractivity contribution in [2.75, 3.05) is 19.4 Å². The number of carbonyl (C=O) groups excluding carboxylic acids is 2. The monoisotopic (exact) mass is 217 g/mol. The van der Waals surface area contributed by atoms with Gasteiger partial charge in [0.1, 0.15) is 5.78 Å². The standard InChI is InChI=1S/C10H20NO2P/c1-3-9(12)5-6-10(13)11-7-4-8-14-2/h14H,3-8H2,1-2H3,(H,11,13). The average Bonchev–Trinajstić information content (AvgIpc) is 2.21. The van der Waals surface area contributed by atoms with E-state index >= 15 is 0 Å². The molecule has 0 aliphatic rings. The molecule has 0 rings (SSSR count).